The van der Waals surface area contributed by atoms with Crippen molar-refractivity contribution in [2.75, 3.05) is 46.4 Å². The summed E-state index contributed by atoms with van der Waals surface area (Å²) in [7, 11) is 1.56. The molecule has 1 aromatic carbocycles. The van der Waals surface area contributed by atoms with Gasteiger partial charge < -0.3 is 30.5 Å². The molecule has 10 heteroatoms. The van der Waals surface area contributed by atoms with Crippen LogP contribution in [0.1, 0.15) is 36.0 Å². The molecule has 1 aromatic rings. The number of nitrogens with one attached hydrogen (secondary N) is 2. The van der Waals surface area contributed by atoms with Crippen molar-refractivity contribution in [3.63, 3.8) is 0 Å². The van der Waals surface area contributed by atoms with E-state index in [2.05, 4.69) is 16.0 Å². The number of quaternary nitrogens is 1. The van der Waals surface area contributed by atoms with Crippen LogP contribution in [0.4, 0.5) is 0 Å². The van der Waals surface area contributed by atoms with Gasteiger partial charge >= 0.3 is 0 Å². The highest BCUT2D eigenvalue weighted by Crippen LogP contribution is 2.21. The summed E-state index contributed by atoms with van der Waals surface area (Å²) in [6.45, 7) is 3.12. The first-order valence-electron chi connectivity index (χ1n) is 12.1. The molecule has 4 rings (SSSR count). The predicted molar refractivity (Wildman–Crippen MR) is 123 cm³/mol. The van der Waals surface area contributed by atoms with E-state index in [1.165, 1.54) is 0 Å². The van der Waals surface area contributed by atoms with Crippen molar-refractivity contribution in [2.45, 2.75) is 37.8 Å². The third kappa shape index (κ3) is 5.32. The second kappa shape index (κ2) is 10.9. The van der Waals surface area contributed by atoms with Gasteiger partial charge in [-0.2, -0.15) is 0 Å². The van der Waals surface area contributed by atoms with Gasteiger partial charge in [0.25, 0.3) is 5.91 Å². The average Bonchev–Trinajstić information content (AvgIpc) is 2.89. The van der Waals surface area contributed by atoms with E-state index in [4.69, 9.17) is 4.74 Å². The van der Waals surface area contributed by atoms with Crippen molar-refractivity contribution >= 4 is 23.6 Å². The molecule has 10 nitrogen and oxygen atoms in total. The van der Waals surface area contributed by atoms with E-state index in [-0.39, 0.29) is 42.6 Å². The molecule has 3 saturated heterocycles. The zero-order valence-corrected chi connectivity index (χ0v) is 19.6. The van der Waals surface area contributed by atoms with Gasteiger partial charge in [-0.15, -0.1) is 0 Å². The number of nitrogens with two attached hydrogens (primary N) is 1. The van der Waals surface area contributed by atoms with E-state index in [9.17, 15) is 19.2 Å². The van der Waals surface area contributed by atoms with Gasteiger partial charge in [0, 0.05) is 44.0 Å². The summed E-state index contributed by atoms with van der Waals surface area (Å²) in [6, 6.07) is 5.38. The Balaban J connectivity index is 1.51. The summed E-state index contributed by atoms with van der Waals surface area (Å²) in [5.41, 5.74) is 0.495. The molecule has 2 atom stereocenters. The van der Waals surface area contributed by atoms with Crippen LogP contribution >= 0.6 is 0 Å². The molecule has 0 aliphatic carbocycles. The zero-order chi connectivity index (χ0) is 24.1. The smallest absolute Gasteiger partial charge is 0.254 e. The van der Waals surface area contributed by atoms with Crippen LogP contribution in [0.25, 0.3) is 0 Å². The summed E-state index contributed by atoms with van der Waals surface area (Å²) in [5, 5.41) is 7.80. The molecule has 0 radical (unpaired) electrons. The number of nitrogens with zero attached hydrogens (tertiary/aromatic N) is 2. The number of piperazine rings is 1. The summed E-state index contributed by atoms with van der Waals surface area (Å²) >= 11 is 0. The van der Waals surface area contributed by atoms with E-state index in [0.29, 0.717) is 30.8 Å². The third-order valence-corrected chi connectivity index (χ3v) is 6.98. The fraction of sp³-hybridized carbons (Fsp3) is 0.583. The van der Waals surface area contributed by atoms with Crippen molar-refractivity contribution in [3.8, 4) is 5.75 Å². The van der Waals surface area contributed by atoms with Gasteiger partial charge in [0.05, 0.1) is 26.7 Å². The van der Waals surface area contributed by atoms with E-state index in [0.717, 1.165) is 32.4 Å². The van der Waals surface area contributed by atoms with Crippen LogP contribution in [0.2, 0.25) is 0 Å². The lowest BCUT2D eigenvalue weighted by Gasteiger charge is -2.42. The fourth-order valence-electron chi connectivity index (χ4n) is 4.96. The molecule has 3 heterocycles. The minimum absolute atomic E-state index is 0.0297. The van der Waals surface area contributed by atoms with Crippen molar-refractivity contribution in [1.29, 1.82) is 0 Å². The van der Waals surface area contributed by atoms with Gasteiger partial charge in [0.2, 0.25) is 17.7 Å². The summed E-state index contributed by atoms with van der Waals surface area (Å²) < 4.78 is 5.16. The van der Waals surface area contributed by atoms with Crippen molar-refractivity contribution < 1.29 is 29.2 Å². The molecular formula is C24H34N5O5+. The highest BCUT2D eigenvalue weighted by molar-refractivity contribution is 5.97. The minimum atomic E-state index is -0.830. The molecule has 4 amide bonds. The summed E-state index contributed by atoms with van der Waals surface area (Å²) in [5.74, 6) is -0.276. The van der Waals surface area contributed by atoms with Crippen LogP contribution in [0.3, 0.4) is 0 Å². The number of carbonyl (C=O) groups is 4. The maximum atomic E-state index is 13.4. The largest absolute Gasteiger partial charge is 0.497 e. The van der Waals surface area contributed by atoms with Gasteiger partial charge in [0.15, 0.2) is 0 Å². The molecule has 0 bridgehead atoms. The van der Waals surface area contributed by atoms with Crippen molar-refractivity contribution in [1.82, 2.24) is 20.4 Å². The van der Waals surface area contributed by atoms with E-state index < -0.39 is 12.1 Å². The van der Waals surface area contributed by atoms with Gasteiger partial charge in [0.1, 0.15) is 17.8 Å². The van der Waals surface area contributed by atoms with Crippen LogP contribution in [0, 0.1) is 5.92 Å². The number of ether oxygens (including phenoxy) is 1. The molecule has 3 aliphatic rings. The third-order valence-electron chi connectivity index (χ3n) is 6.98. The first-order chi connectivity index (χ1) is 16.5. The monoisotopic (exact) mass is 472 g/mol. The Hall–Kier alpha value is -3.14. The maximum absolute atomic E-state index is 13.4. The van der Waals surface area contributed by atoms with Gasteiger partial charge in [-0.1, -0.05) is 0 Å². The van der Waals surface area contributed by atoms with Gasteiger partial charge in [-0.05, 0) is 37.1 Å². The number of hydrogen-bond acceptors (Lipinski definition) is 5. The van der Waals surface area contributed by atoms with Crippen LogP contribution in [0.5, 0.6) is 5.75 Å². The van der Waals surface area contributed by atoms with Crippen LogP contribution in [0.15, 0.2) is 24.3 Å². The molecular weight excluding hydrogens is 438 g/mol. The Labute approximate surface area is 199 Å². The SMILES string of the molecule is COc1ccc(C(=O)N2CCN(C(=O)C3CC[NH2+]CC3)[C@@H](C(=O)N[C@H]3CCCNC3=O)C2)cc1. The van der Waals surface area contributed by atoms with Gasteiger partial charge in [-0.25, -0.2) is 0 Å². The number of methoxy groups -OCH3 is 1. The Morgan fingerprint density at radius 3 is 2.50 bits per heavy atom. The second-order valence-electron chi connectivity index (χ2n) is 9.16. The molecule has 0 saturated carbocycles. The highest BCUT2D eigenvalue weighted by atomic mass is 16.5. The molecule has 184 valence electrons. The minimum Gasteiger partial charge on any atom is -0.497 e. The Bertz CT molecular complexity index is 915. The van der Waals surface area contributed by atoms with E-state index in [1.54, 1.807) is 41.2 Å². The number of piperidine rings is 2. The lowest BCUT2D eigenvalue weighted by atomic mass is 9.95. The normalized spacial score (nSPS) is 23.7. The lowest BCUT2D eigenvalue weighted by Crippen LogP contribution is -2.86. The zero-order valence-electron chi connectivity index (χ0n) is 19.6. The second-order valence-corrected chi connectivity index (χ2v) is 9.16. The number of amides is 4. The van der Waals surface area contributed by atoms with Crippen molar-refractivity contribution in [2.24, 2.45) is 5.92 Å². The van der Waals surface area contributed by atoms with Gasteiger partial charge in [-0.3, -0.25) is 19.2 Å². The first kappa shape index (κ1) is 24.0. The Kier molecular flexibility index (Phi) is 7.66. The van der Waals surface area contributed by atoms with Crippen LogP contribution in [-0.4, -0.2) is 91.9 Å². The average molecular weight is 473 g/mol. The van der Waals surface area contributed by atoms with E-state index in [1.807, 2.05) is 0 Å². The van der Waals surface area contributed by atoms with Crippen LogP contribution in [-0.2, 0) is 14.4 Å². The topological polar surface area (TPSA) is 125 Å². The Morgan fingerprint density at radius 2 is 1.82 bits per heavy atom. The molecule has 4 N–H and O–H groups in total. The first-order valence-corrected chi connectivity index (χ1v) is 12.1. The number of carbonyl (C=O) groups excluding carboxylic acids is 4. The standard InChI is InChI=1S/C24H33N5O5/c1-34-18-6-4-16(5-7-18)23(32)28-13-14-29(24(33)17-8-11-25-12-9-17)20(15-28)22(31)27-19-3-2-10-26-21(19)30/h4-7,17,19-20,25H,2-3,8-15H2,1H3,(H,26,30)(H,27,31)/p+1/t19-,20+/m0/s1. The summed E-state index contributed by atoms with van der Waals surface area (Å²) in [4.78, 5) is 55.3. The molecule has 34 heavy (non-hydrogen) atoms. The summed E-state index contributed by atoms with van der Waals surface area (Å²) in [6.07, 6.45) is 2.90. The lowest BCUT2D eigenvalue weighted by molar-refractivity contribution is -0.664. The molecule has 3 fully saturated rings. The maximum Gasteiger partial charge on any atom is 0.254 e. The molecule has 3 aliphatic heterocycles. The van der Waals surface area contributed by atoms with Crippen LogP contribution < -0.4 is 20.7 Å². The number of rotatable bonds is 5. The van der Waals surface area contributed by atoms with E-state index >= 15 is 0 Å². The fourth-order valence-corrected chi connectivity index (χ4v) is 4.96. The number of hydrogen-bond donors (Lipinski definition) is 3. The number of benzene rings is 1. The quantitative estimate of drug-likeness (QED) is 0.492. The molecule has 0 spiro atoms. The predicted octanol–water partition coefficient (Wildman–Crippen LogP) is -1.28. The molecule has 0 unspecified atom stereocenters. The van der Waals surface area contributed by atoms with Crippen molar-refractivity contribution in [3.05, 3.63) is 29.8 Å². The Morgan fingerprint density at radius 1 is 1.09 bits per heavy atom. The molecule has 0 aromatic heterocycles. The highest BCUT2D eigenvalue weighted by Gasteiger charge is 2.41.